The molecule has 0 aliphatic carbocycles. The Morgan fingerprint density at radius 2 is 1.35 bits per heavy atom. The molecule has 3 rings (SSSR count). The van der Waals surface area contributed by atoms with E-state index in [1.54, 1.807) is 48.5 Å². The van der Waals surface area contributed by atoms with Gasteiger partial charge >= 0.3 is 5.97 Å². The lowest BCUT2D eigenvalue weighted by atomic mass is 10.1. The van der Waals surface area contributed by atoms with E-state index in [2.05, 4.69) is 0 Å². The van der Waals surface area contributed by atoms with Gasteiger partial charge in [-0.3, -0.25) is 0 Å². The normalized spacial score (nSPS) is 11.6. The molecule has 0 amide bonds. The van der Waals surface area contributed by atoms with Crippen molar-refractivity contribution in [1.82, 2.24) is 0 Å². The number of carboxylic acids is 1. The average Bonchev–Trinajstić information content (AvgIpc) is 2.64. The van der Waals surface area contributed by atoms with Crippen LogP contribution in [-0.2, 0) is 4.79 Å². The fourth-order valence-corrected chi connectivity index (χ4v) is 2.39. The lowest BCUT2D eigenvalue weighted by molar-refractivity contribution is -0.145. The predicted octanol–water partition coefficient (Wildman–Crippen LogP) is 5.48. The summed E-state index contributed by atoms with van der Waals surface area (Å²) in [6.07, 6.45) is -1.22. The summed E-state index contributed by atoms with van der Waals surface area (Å²) in [4.78, 5) is 11.5. The number of carboxylic acid groups (broad SMARTS) is 1. The second-order valence-corrected chi connectivity index (χ2v) is 5.85. The fraction of sp³-hybridized carbons (Fsp3) is 0.0500. The minimum absolute atomic E-state index is 0.264. The first-order chi connectivity index (χ1) is 12.5. The Labute approximate surface area is 154 Å². The van der Waals surface area contributed by atoms with Gasteiger partial charge in [0.15, 0.2) is 0 Å². The van der Waals surface area contributed by atoms with E-state index in [1.165, 1.54) is 24.3 Å². The second kappa shape index (κ2) is 7.89. The van der Waals surface area contributed by atoms with Crippen LogP contribution in [0.4, 0.5) is 4.39 Å². The van der Waals surface area contributed by atoms with Gasteiger partial charge in [-0.1, -0.05) is 23.7 Å². The van der Waals surface area contributed by atoms with E-state index in [0.717, 1.165) is 0 Å². The lowest BCUT2D eigenvalue weighted by Gasteiger charge is -2.16. The molecule has 0 heterocycles. The highest BCUT2D eigenvalue weighted by Gasteiger charge is 2.22. The minimum atomic E-state index is -1.22. The van der Waals surface area contributed by atoms with Crippen LogP contribution in [0.25, 0.3) is 0 Å². The highest BCUT2D eigenvalue weighted by Crippen LogP contribution is 2.27. The molecule has 6 heteroatoms. The van der Waals surface area contributed by atoms with Crippen molar-refractivity contribution < 1.29 is 23.8 Å². The molecule has 132 valence electrons. The topological polar surface area (TPSA) is 55.8 Å². The van der Waals surface area contributed by atoms with Crippen molar-refractivity contribution in [3.63, 3.8) is 0 Å². The van der Waals surface area contributed by atoms with E-state index in [9.17, 15) is 14.3 Å². The average molecular weight is 373 g/mol. The number of carbonyl (C=O) groups is 1. The van der Waals surface area contributed by atoms with Gasteiger partial charge in [-0.2, -0.15) is 0 Å². The number of halogens is 2. The molecule has 26 heavy (non-hydrogen) atoms. The molecular formula is C20H14ClFO4. The molecular weight excluding hydrogens is 359 g/mol. The van der Waals surface area contributed by atoms with Gasteiger partial charge in [0, 0.05) is 10.6 Å². The van der Waals surface area contributed by atoms with Crippen molar-refractivity contribution in [3.8, 4) is 17.2 Å². The van der Waals surface area contributed by atoms with Gasteiger partial charge < -0.3 is 14.6 Å². The van der Waals surface area contributed by atoms with Gasteiger partial charge in [0.2, 0.25) is 6.10 Å². The third kappa shape index (κ3) is 4.52. The lowest BCUT2D eigenvalue weighted by Crippen LogP contribution is -2.18. The zero-order chi connectivity index (χ0) is 18.5. The SMILES string of the molecule is O=C(O)[C@@H](Oc1ccc(F)cc1)c1ccc(Oc2ccc(Cl)cc2)cc1. The molecule has 0 radical (unpaired) electrons. The highest BCUT2D eigenvalue weighted by molar-refractivity contribution is 6.30. The van der Waals surface area contributed by atoms with Crippen LogP contribution >= 0.6 is 11.6 Å². The number of benzene rings is 3. The van der Waals surface area contributed by atoms with Crippen molar-refractivity contribution in [3.05, 3.63) is 89.2 Å². The Bertz CT molecular complexity index is 877. The van der Waals surface area contributed by atoms with Crippen LogP contribution in [0.1, 0.15) is 11.7 Å². The van der Waals surface area contributed by atoms with Crippen LogP contribution in [0, 0.1) is 5.82 Å². The van der Waals surface area contributed by atoms with E-state index in [1.807, 2.05) is 0 Å². The van der Waals surface area contributed by atoms with E-state index < -0.39 is 17.9 Å². The van der Waals surface area contributed by atoms with Crippen LogP contribution in [0.15, 0.2) is 72.8 Å². The first-order valence-corrected chi connectivity index (χ1v) is 8.07. The summed E-state index contributed by atoms with van der Waals surface area (Å²) in [5.74, 6) is -0.157. The summed E-state index contributed by atoms with van der Waals surface area (Å²) in [5, 5.41) is 10.0. The number of hydrogen-bond acceptors (Lipinski definition) is 3. The number of hydrogen-bond donors (Lipinski definition) is 1. The Balaban J connectivity index is 1.74. The minimum Gasteiger partial charge on any atom is -0.478 e. The predicted molar refractivity (Wildman–Crippen MR) is 95.4 cm³/mol. The Morgan fingerprint density at radius 1 is 0.846 bits per heavy atom. The molecule has 0 saturated carbocycles. The summed E-state index contributed by atoms with van der Waals surface area (Å²) < 4.78 is 24.1. The van der Waals surface area contributed by atoms with Gasteiger partial charge in [0.25, 0.3) is 0 Å². The number of ether oxygens (including phenoxy) is 2. The maximum Gasteiger partial charge on any atom is 0.349 e. The van der Waals surface area contributed by atoms with E-state index in [-0.39, 0.29) is 5.75 Å². The zero-order valence-electron chi connectivity index (χ0n) is 13.4. The highest BCUT2D eigenvalue weighted by atomic mass is 35.5. The monoisotopic (exact) mass is 372 g/mol. The molecule has 3 aromatic carbocycles. The summed E-state index contributed by atoms with van der Waals surface area (Å²) in [5.41, 5.74) is 0.435. The molecule has 0 aliphatic rings. The van der Waals surface area contributed by atoms with Crippen LogP contribution in [0.5, 0.6) is 17.2 Å². The molecule has 0 bridgehead atoms. The first kappa shape index (κ1) is 17.8. The van der Waals surface area contributed by atoms with E-state index in [0.29, 0.717) is 22.1 Å². The standard InChI is InChI=1S/C20H14ClFO4/c21-14-3-9-17(10-4-14)25-16-7-1-13(2-8-16)19(20(23)24)26-18-11-5-15(22)6-12-18/h1-12,19H,(H,23,24)/t19-/m0/s1. The molecule has 0 aromatic heterocycles. The van der Waals surface area contributed by atoms with Gasteiger partial charge in [0.1, 0.15) is 23.1 Å². The first-order valence-electron chi connectivity index (χ1n) is 7.70. The Hall–Kier alpha value is -3.05. The van der Waals surface area contributed by atoms with Crippen LogP contribution in [-0.4, -0.2) is 11.1 Å². The zero-order valence-corrected chi connectivity index (χ0v) is 14.2. The molecule has 0 unspecified atom stereocenters. The van der Waals surface area contributed by atoms with Crippen LogP contribution in [0.3, 0.4) is 0 Å². The maximum absolute atomic E-state index is 13.0. The van der Waals surface area contributed by atoms with E-state index in [4.69, 9.17) is 21.1 Å². The summed E-state index contributed by atoms with van der Waals surface area (Å²) in [6.45, 7) is 0. The van der Waals surface area contributed by atoms with Crippen molar-refractivity contribution in [2.75, 3.05) is 0 Å². The molecule has 0 fully saturated rings. The van der Waals surface area contributed by atoms with Crippen molar-refractivity contribution in [2.24, 2.45) is 0 Å². The number of aliphatic carboxylic acids is 1. The molecule has 1 N–H and O–H groups in total. The number of rotatable bonds is 6. The van der Waals surface area contributed by atoms with Gasteiger partial charge in [-0.25, -0.2) is 9.18 Å². The maximum atomic E-state index is 13.0. The van der Waals surface area contributed by atoms with Gasteiger partial charge in [-0.05, 0) is 60.7 Å². The summed E-state index contributed by atoms with van der Waals surface area (Å²) in [6, 6.07) is 18.6. The molecule has 1 atom stereocenters. The molecule has 0 saturated heterocycles. The van der Waals surface area contributed by atoms with Crippen LogP contribution < -0.4 is 9.47 Å². The Kier molecular flexibility index (Phi) is 5.39. The summed E-state index contributed by atoms with van der Waals surface area (Å²) >= 11 is 5.83. The molecule has 4 nitrogen and oxygen atoms in total. The van der Waals surface area contributed by atoms with E-state index >= 15 is 0 Å². The van der Waals surface area contributed by atoms with Gasteiger partial charge in [0.05, 0.1) is 0 Å². The largest absolute Gasteiger partial charge is 0.478 e. The van der Waals surface area contributed by atoms with Crippen LogP contribution in [0.2, 0.25) is 5.02 Å². The Morgan fingerprint density at radius 3 is 1.88 bits per heavy atom. The third-order valence-electron chi connectivity index (χ3n) is 3.52. The van der Waals surface area contributed by atoms with Crippen molar-refractivity contribution in [1.29, 1.82) is 0 Å². The third-order valence-corrected chi connectivity index (χ3v) is 3.78. The quantitative estimate of drug-likeness (QED) is 0.622. The molecule has 0 spiro atoms. The molecule has 3 aromatic rings. The van der Waals surface area contributed by atoms with Crippen molar-refractivity contribution in [2.45, 2.75) is 6.10 Å². The van der Waals surface area contributed by atoms with Crippen molar-refractivity contribution >= 4 is 17.6 Å². The second-order valence-electron chi connectivity index (χ2n) is 5.42. The fourth-order valence-electron chi connectivity index (χ4n) is 2.26. The smallest absolute Gasteiger partial charge is 0.349 e. The van der Waals surface area contributed by atoms with Gasteiger partial charge in [-0.15, -0.1) is 0 Å². The molecule has 0 aliphatic heterocycles. The summed E-state index contributed by atoms with van der Waals surface area (Å²) in [7, 11) is 0.